The molecular formula is C7H19NO3. The van der Waals surface area contributed by atoms with Crippen LogP contribution in [0.1, 0.15) is 27.7 Å². The summed E-state index contributed by atoms with van der Waals surface area (Å²) in [5, 5.41) is 21.0. The van der Waals surface area contributed by atoms with Crippen LogP contribution in [0.25, 0.3) is 0 Å². The van der Waals surface area contributed by atoms with Crippen molar-refractivity contribution in [1.29, 1.82) is 0 Å². The van der Waals surface area contributed by atoms with Crippen LogP contribution in [0.4, 0.5) is 0 Å². The Labute approximate surface area is 67.5 Å². The van der Waals surface area contributed by atoms with Crippen molar-refractivity contribution >= 4 is 0 Å². The topological polar surface area (TPSA) is 84.0 Å². The van der Waals surface area contributed by atoms with Gasteiger partial charge in [0.05, 0.1) is 0 Å². The quantitative estimate of drug-likeness (QED) is 0.491. The van der Waals surface area contributed by atoms with E-state index in [1.54, 1.807) is 13.8 Å². The summed E-state index contributed by atoms with van der Waals surface area (Å²) in [6, 6.07) is 0. The van der Waals surface area contributed by atoms with Gasteiger partial charge in [-0.15, -0.1) is 0 Å². The van der Waals surface area contributed by atoms with Gasteiger partial charge in [-0.25, -0.2) is 0 Å². The van der Waals surface area contributed by atoms with Crippen molar-refractivity contribution in [3.8, 4) is 0 Å². The summed E-state index contributed by atoms with van der Waals surface area (Å²) in [5.74, 6) is 0.117. The SMILES string of the molecule is CC(C)C(O)NC(C)(C)O.O. The van der Waals surface area contributed by atoms with E-state index in [1.807, 2.05) is 13.8 Å². The van der Waals surface area contributed by atoms with Gasteiger partial charge in [0.15, 0.2) is 0 Å². The van der Waals surface area contributed by atoms with Gasteiger partial charge in [0.25, 0.3) is 0 Å². The van der Waals surface area contributed by atoms with Gasteiger partial charge in [-0.05, 0) is 19.8 Å². The summed E-state index contributed by atoms with van der Waals surface area (Å²) < 4.78 is 0. The molecule has 0 bridgehead atoms. The molecule has 0 rings (SSSR count). The van der Waals surface area contributed by atoms with E-state index in [0.29, 0.717) is 0 Å². The van der Waals surface area contributed by atoms with Crippen LogP contribution in [-0.4, -0.2) is 27.6 Å². The van der Waals surface area contributed by atoms with Gasteiger partial charge < -0.3 is 15.7 Å². The summed E-state index contributed by atoms with van der Waals surface area (Å²) in [5.41, 5.74) is -0.996. The third kappa shape index (κ3) is 7.74. The lowest BCUT2D eigenvalue weighted by atomic mass is 10.1. The van der Waals surface area contributed by atoms with Gasteiger partial charge in [-0.1, -0.05) is 13.8 Å². The summed E-state index contributed by atoms with van der Waals surface area (Å²) >= 11 is 0. The van der Waals surface area contributed by atoms with E-state index < -0.39 is 12.0 Å². The maximum atomic E-state index is 9.19. The van der Waals surface area contributed by atoms with Gasteiger partial charge >= 0.3 is 0 Å². The number of hydrogen-bond donors (Lipinski definition) is 3. The second-order valence-electron chi connectivity index (χ2n) is 3.39. The van der Waals surface area contributed by atoms with Gasteiger partial charge in [0, 0.05) is 0 Å². The van der Waals surface area contributed by atoms with Crippen molar-refractivity contribution in [2.75, 3.05) is 0 Å². The first-order chi connectivity index (χ1) is 4.33. The third-order valence-corrected chi connectivity index (χ3v) is 1.13. The molecule has 0 saturated heterocycles. The molecule has 0 aliphatic heterocycles. The van der Waals surface area contributed by atoms with Gasteiger partial charge in [0.2, 0.25) is 0 Å². The molecule has 0 aromatic rings. The molecule has 0 aliphatic carbocycles. The highest BCUT2D eigenvalue weighted by Gasteiger charge is 2.18. The number of hydrogen-bond acceptors (Lipinski definition) is 3. The minimum atomic E-state index is -0.996. The van der Waals surface area contributed by atoms with Crippen LogP contribution in [0, 0.1) is 5.92 Å². The van der Waals surface area contributed by atoms with Crippen molar-refractivity contribution in [3.63, 3.8) is 0 Å². The zero-order valence-corrected chi connectivity index (χ0v) is 7.55. The molecule has 5 N–H and O–H groups in total. The molecule has 4 heteroatoms. The molecule has 0 aromatic carbocycles. The van der Waals surface area contributed by atoms with E-state index in [-0.39, 0.29) is 11.4 Å². The van der Waals surface area contributed by atoms with Gasteiger partial charge in [-0.2, -0.15) is 0 Å². The highest BCUT2D eigenvalue weighted by Crippen LogP contribution is 2.03. The average molecular weight is 165 g/mol. The second kappa shape index (κ2) is 4.66. The third-order valence-electron chi connectivity index (χ3n) is 1.13. The Kier molecular flexibility index (Phi) is 5.69. The Hall–Kier alpha value is -0.160. The predicted octanol–water partition coefficient (Wildman–Crippen LogP) is -0.546. The van der Waals surface area contributed by atoms with Crippen LogP contribution in [0.3, 0.4) is 0 Å². The van der Waals surface area contributed by atoms with E-state index in [9.17, 15) is 5.11 Å². The average Bonchev–Trinajstić information content (AvgIpc) is 1.60. The molecule has 0 fully saturated rings. The summed E-state index contributed by atoms with van der Waals surface area (Å²) in [6.45, 7) is 6.95. The summed E-state index contributed by atoms with van der Waals surface area (Å²) in [7, 11) is 0. The molecule has 0 amide bonds. The summed E-state index contributed by atoms with van der Waals surface area (Å²) in [6.07, 6.45) is -0.639. The monoisotopic (exact) mass is 165 g/mol. The van der Waals surface area contributed by atoms with E-state index in [2.05, 4.69) is 5.32 Å². The van der Waals surface area contributed by atoms with Crippen molar-refractivity contribution in [2.45, 2.75) is 39.6 Å². The molecule has 1 atom stereocenters. The zero-order chi connectivity index (χ0) is 8.36. The van der Waals surface area contributed by atoms with E-state index >= 15 is 0 Å². The molecule has 0 aromatic heterocycles. The smallest absolute Gasteiger partial charge is 0.112 e. The van der Waals surface area contributed by atoms with E-state index in [4.69, 9.17) is 5.11 Å². The molecule has 0 heterocycles. The zero-order valence-electron chi connectivity index (χ0n) is 7.55. The Balaban J connectivity index is 0. The van der Waals surface area contributed by atoms with Crippen LogP contribution in [-0.2, 0) is 0 Å². The Morgan fingerprint density at radius 3 is 1.73 bits per heavy atom. The normalized spacial score (nSPS) is 14.5. The lowest BCUT2D eigenvalue weighted by Crippen LogP contribution is -2.47. The van der Waals surface area contributed by atoms with Crippen molar-refractivity contribution in [3.05, 3.63) is 0 Å². The van der Waals surface area contributed by atoms with Gasteiger partial charge in [0.1, 0.15) is 12.0 Å². The lowest BCUT2D eigenvalue weighted by Gasteiger charge is -2.25. The number of rotatable bonds is 3. The maximum Gasteiger partial charge on any atom is 0.112 e. The van der Waals surface area contributed by atoms with Gasteiger partial charge in [-0.3, -0.25) is 5.32 Å². The van der Waals surface area contributed by atoms with Crippen molar-refractivity contribution < 1.29 is 15.7 Å². The predicted molar refractivity (Wildman–Crippen MR) is 43.9 cm³/mol. The fourth-order valence-corrected chi connectivity index (χ4v) is 0.529. The number of aliphatic hydroxyl groups excluding tert-OH is 1. The van der Waals surface area contributed by atoms with Crippen LogP contribution in [0.15, 0.2) is 0 Å². The Morgan fingerprint density at radius 1 is 1.27 bits per heavy atom. The molecule has 0 spiro atoms. The second-order valence-corrected chi connectivity index (χ2v) is 3.39. The standard InChI is InChI=1S/C7H17NO2.H2O/c1-5(2)6(9)8-7(3,4)10;/h5-6,8-10H,1-4H3;1H2. The lowest BCUT2D eigenvalue weighted by molar-refractivity contribution is -0.0353. The first kappa shape index (κ1) is 13.4. The molecule has 11 heavy (non-hydrogen) atoms. The molecule has 0 aliphatic rings. The largest absolute Gasteiger partial charge is 0.412 e. The maximum absolute atomic E-state index is 9.19. The Bertz CT molecular complexity index is 98.3. The fourth-order valence-electron chi connectivity index (χ4n) is 0.529. The first-order valence-electron chi connectivity index (χ1n) is 3.51. The van der Waals surface area contributed by atoms with Crippen LogP contribution < -0.4 is 5.32 Å². The first-order valence-corrected chi connectivity index (χ1v) is 3.51. The molecule has 1 unspecified atom stereocenters. The molecule has 70 valence electrons. The highest BCUT2D eigenvalue weighted by atomic mass is 16.3. The minimum absolute atomic E-state index is 0. The number of nitrogens with one attached hydrogen (secondary N) is 1. The highest BCUT2D eigenvalue weighted by molar-refractivity contribution is 4.66. The Morgan fingerprint density at radius 2 is 1.64 bits per heavy atom. The van der Waals surface area contributed by atoms with Crippen molar-refractivity contribution in [2.24, 2.45) is 5.92 Å². The van der Waals surface area contributed by atoms with Crippen molar-refractivity contribution in [1.82, 2.24) is 5.32 Å². The van der Waals surface area contributed by atoms with E-state index in [0.717, 1.165) is 0 Å². The minimum Gasteiger partial charge on any atom is -0.412 e. The molecule has 0 saturated carbocycles. The number of aliphatic hydroxyl groups is 2. The van der Waals surface area contributed by atoms with E-state index in [1.165, 1.54) is 0 Å². The fraction of sp³-hybridized carbons (Fsp3) is 1.00. The molecular weight excluding hydrogens is 146 g/mol. The molecule has 0 radical (unpaired) electrons. The van der Waals surface area contributed by atoms with Crippen LogP contribution in [0.2, 0.25) is 0 Å². The molecule has 4 nitrogen and oxygen atoms in total. The van der Waals surface area contributed by atoms with Crippen LogP contribution >= 0.6 is 0 Å². The van der Waals surface area contributed by atoms with Crippen LogP contribution in [0.5, 0.6) is 0 Å². The summed E-state index contributed by atoms with van der Waals surface area (Å²) in [4.78, 5) is 0.